The molecule has 150 valence electrons. The Morgan fingerprint density at radius 1 is 0.967 bits per heavy atom. The molecule has 4 rings (SSSR count). The Morgan fingerprint density at radius 3 is 2.37 bits per heavy atom. The number of ketones is 1. The van der Waals surface area contributed by atoms with Crippen LogP contribution in [0, 0.1) is 0 Å². The van der Waals surface area contributed by atoms with Gasteiger partial charge in [0.2, 0.25) is 5.78 Å². The number of nitrogens with two attached hydrogens (primary N) is 1. The number of para-hydroxylation sites is 1. The van der Waals surface area contributed by atoms with E-state index in [1.165, 1.54) is 6.92 Å². The number of fused-ring (bicyclic) bond motifs is 3. The van der Waals surface area contributed by atoms with E-state index in [9.17, 15) is 9.59 Å². The van der Waals surface area contributed by atoms with Crippen molar-refractivity contribution in [2.24, 2.45) is 5.16 Å². The summed E-state index contributed by atoms with van der Waals surface area (Å²) in [6.45, 7) is 3.04. The molecule has 0 aliphatic rings. The molecule has 1 aromatic heterocycles. The van der Waals surface area contributed by atoms with Crippen molar-refractivity contribution in [3.05, 3.63) is 72.3 Å². The topological polar surface area (TPSA) is 86.7 Å². The lowest BCUT2D eigenvalue weighted by Crippen LogP contribution is -2.14. The second-order valence-electron chi connectivity index (χ2n) is 6.98. The number of anilines is 1. The van der Waals surface area contributed by atoms with E-state index in [2.05, 4.69) is 26.7 Å². The van der Waals surface area contributed by atoms with Gasteiger partial charge < -0.3 is 15.1 Å². The zero-order chi connectivity index (χ0) is 21.3. The van der Waals surface area contributed by atoms with Gasteiger partial charge in [-0.25, -0.2) is 4.79 Å². The van der Waals surface area contributed by atoms with Gasteiger partial charge in [0.15, 0.2) is 0 Å². The van der Waals surface area contributed by atoms with E-state index in [0.29, 0.717) is 17.7 Å². The lowest BCUT2D eigenvalue weighted by molar-refractivity contribution is -0.140. The first kappa shape index (κ1) is 19.4. The summed E-state index contributed by atoms with van der Waals surface area (Å²) in [5.41, 5.74) is 10.4. The summed E-state index contributed by atoms with van der Waals surface area (Å²) in [4.78, 5) is 28.3. The maximum atomic E-state index is 12.7. The Bertz CT molecular complexity index is 1300. The fourth-order valence-corrected chi connectivity index (χ4v) is 3.58. The Morgan fingerprint density at radius 2 is 1.67 bits per heavy atom. The average Bonchev–Trinajstić information content (AvgIpc) is 3.07. The molecule has 0 saturated carbocycles. The number of hydrogen-bond acceptors (Lipinski definition) is 5. The molecular formula is C24H21N3O3. The summed E-state index contributed by atoms with van der Waals surface area (Å²) in [6, 6.07) is 21.3. The summed E-state index contributed by atoms with van der Waals surface area (Å²) in [7, 11) is 0. The number of nitrogen functional groups attached to an aromatic ring is 1. The van der Waals surface area contributed by atoms with Crippen molar-refractivity contribution in [1.29, 1.82) is 0 Å². The third kappa shape index (κ3) is 3.43. The van der Waals surface area contributed by atoms with Gasteiger partial charge in [0.1, 0.15) is 5.71 Å². The van der Waals surface area contributed by atoms with Gasteiger partial charge >= 0.3 is 5.97 Å². The first-order valence-electron chi connectivity index (χ1n) is 9.68. The standard InChI is InChI=1S/C24H21N3O3/c1-3-21(26-30-15(2)28)24(29)16-8-11-18(12-9-16)27-22-7-5-4-6-19(22)20-14-17(25)10-13-23(20)27/h4-14H,3,25H2,1-2H3/b26-21-. The third-order valence-corrected chi connectivity index (χ3v) is 4.97. The van der Waals surface area contributed by atoms with E-state index in [0.717, 1.165) is 27.5 Å². The van der Waals surface area contributed by atoms with Gasteiger partial charge in [0, 0.05) is 34.6 Å². The van der Waals surface area contributed by atoms with Gasteiger partial charge in [-0.05, 0) is 55.0 Å². The lowest BCUT2D eigenvalue weighted by Gasteiger charge is -2.09. The van der Waals surface area contributed by atoms with Crippen LogP contribution < -0.4 is 5.73 Å². The Labute approximate surface area is 173 Å². The minimum Gasteiger partial charge on any atom is -0.399 e. The molecule has 0 bridgehead atoms. The van der Waals surface area contributed by atoms with E-state index < -0.39 is 5.97 Å². The summed E-state index contributed by atoms with van der Waals surface area (Å²) in [5.74, 6) is -0.823. The number of rotatable bonds is 5. The molecular weight excluding hydrogens is 378 g/mol. The summed E-state index contributed by atoms with van der Waals surface area (Å²) >= 11 is 0. The van der Waals surface area contributed by atoms with Gasteiger partial charge in [0.05, 0.1) is 11.0 Å². The smallest absolute Gasteiger partial charge is 0.331 e. The molecule has 6 heteroatoms. The zero-order valence-corrected chi connectivity index (χ0v) is 16.8. The summed E-state index contributed by atoms with van der Waals surface area (Å²) in [5, 5.41) is 5.87. The van der Waals surface area contributed by atoms with E-state index in [1.807, 2.05) is 42.5 Å². The quantitative estimate of drug-likeness (QED) is 0.170. The number of Topliss-reactive ketones (excluding diaryl/α,β-unsaturated/α-hetero) is 1. The van der Waals surface area contributed by atoms with Crippen molar-refractivity contribution < 1.29 is 14.4 Å². The fraction of sp³-hybridized carbons (Fsp3) is 0.125. The molecule has 0 fully saturated rings. The molecule has 0 unspecified atom stereocenters. The molecule has 0 aliphatic carbocycles. The van der Waals surface area contributed by atoms with E-state index in [-0.39, 0.29) is 11.5 Å². The second kappa shape index (κ2) is 7.83. The number of oxime groups is 1. The largest absolute Gasteiger partial charge is 0.399 e. The molecule has 0 aliphatic heterocycles. The number of carbonyl (C=O) groups is 2. The normalized spacial score (nSPS) is 11.7. The van der Waals surface area contributed by atoms with Gasteiger partial charge in [0.25, 0.3) is 0 Å². The number of carbonyl (C=O) groups excluding carboxylic acids is 2. The lowest BCUT2D eigenvalue weighted by atomic mass is 10.0. The highest BCUT2D eigenvalue weighted by Crippen LogP contribution is 2.33. The van der Waals surface area contributed by atoms with Gasteiger partial charge in [-0.3, -0.25) is 4.79 Å². The van der Waals surface area contributed by atoms with Crippen LogP contribution in [0.5, 0.6) is 0 Å². The molecule has 0 amide bonds. The molecule has 6 nitrogen and oxygen atoms in total. The van der Waals surface area contributed by atoms with Crippen LogP contribution in [-0.4, -0.2) is 22.0 Å². The van der Waals surface area contributed by atoms with Crippen LogP contribution in [0.25, 0.3) is 27.5 Å². The van der Waals surface area contributed by atoms with Crippen molar-refractivity contribution >= 4 is 45.0 Å². The molecule has 0 atom stereocenters. The van der Waals surface area contributed by atoms with E-state index >= 15 is 0 Å². The molecule has 2 N–H and O–H groups in total. The number of hydrogen-bond donors (Lipinski definition) is 1. The van der Waals surface area contributed by atoms with Crippen LogP contribution in [0.1, 0.15) is 30.6 Å². The van der Waals surface area contributed by atoms with Crippen LogP contribution >= 0.6 is 0 Å². The van der Waals surface area contributed by atoms with Crippen molar-refractivity contribution in [3.63, 3.8) is 0 Å². The zero-order valence-electron chi connectivity index (χ0n) is 16.8. The van der Waals surface area contributed by atoms with Crippen LogP contribution in [0.15, 0.2) is 71.9 Å². The van der Waals surface area contributed by atoms with E-state index in [1.54, 1.807) is 19.1 Å². The minimum absolute atomic E-state index is 0.199. The van der Waals surface area contributed by atoms with Crippen molar-refractivity contribution in [2.45, 2.75) is 20.3 Å². The van der Waals surface area contributed by atoms with E-state index in [4.69, 9.17) is 5.73 Å². The summed E-state index contributed by atoms with van der Waals surface area (Å²) in [6.07, 6.45) is 0.363. The SMILES string of the molecule is CC/C(=N/OC(C)=O)C(=O)c1ccc(-n2c3ccccc3c3cc(N)ccc32)cc1. The predicted molar refractivity (Wildman–Crippen MR) is 119 cm³/mol. The average molecular weight is 399 g/mol. The van der Waals surface area contributed by atoms with Crippen molar-refractivity contribution in [2.75, 3.05) is 5.73 Å². The highest BCUT2D eigenvalue weighted by molar-refractivity contribution is 6.45. The maximum Gasteiger partial charge on any atom is 0.331 e. The molecule has 3 aromatic carbocycles. The van der Waals surface area contributed by atoms with Crippen LogP contribution in [0.4, 0.5) is 5.69 Å². The highest BCUT2D eigenvalue weighted by atomic mass is 16.7. The molecule has 0 spiro atoms. The van der Waals surface area contributed by atoms with Gasteiger partial charge in [-0.1, -0.05) is 30.3 Å². The Kier molecular flexibility index (Phi) is 5.06. The van der Waals surface area contributed by atoms with Crippen LogP contribution in [0.2, 0.25) is 0 Å². The molecule has 4 aromatic rings. The first-order chi connectivity index (χ1) is 14.5. The molecule has 0 saturated heterocycles. The molecule has 1 heterocycles. The van der Waals surface area contributed by atoms with Crippen LogP contribution in [0.3, 0.4) is 0 Å². The summed E-state index contributed by atoms with van der Waals surface area (Å²) < 4.78 is 2.14. The number of aromatic nitrogens is 1. The van der Waals surface area contributed by atoms with Crippen molar-refractivity contribution in [1.82, 2.24) is 4.57 Å². The second-order valence-corrected chi connectivity index (χ2v) is 6.98. The number of nitrogens with zero attached hydrogens (tertiary/aromatic N) is 2. The maximum absolute atomic E-state index is 12.7. The van der Waals surface area contributed by atoms with Crippen molar-refractivity contribution in [3.8, 4) is 5.69 Å². The fourth-order valence-electron chi connectivity index (χ4n) is 3.58. The Hall–Kier alpha value is -3.93. The predicted octanol–water partition coefficient (Wildman–Crippen LogP) is 4.88. The minimum atomic E-state index is -0.559. The molecule has 30 heavy (non-hydrogen) atoms. The highest BCUT2D eigenvalue weighted by Gasteiger charge is 2.16. The monoisotopic (exact) mass is 399 g/mol. The third-order valence-electron chi connectivity index (χ3n) is 4.97. The Balaban J connectivity index is 1.78. The van der Waals surface area contributed by atoms with Gasteiger partial charge in [-0.15, -0.1) is 0 Å². The van der Waals surface area contributed by atoms with Crippen LogP contribution in [-0.2, 0) is 9.63 Å². The molecule has 0 radical (unpaired) electrons. The number of benzene rings is 3. The first-order valence-corrected chi connectivity index (χ1v) is 9.68. The van der Waals surface area contributed by atoms with Gasteiger partial charge in [-0.2, -0.15) is 0 Å².